The monoisotopic (exact) mass is 344 g/mol. The average Bonchev–Trinajstić information content (AvgIpc) is 2.62. The molecule has 0 radical (unpaired) electrons. The Morgan fingerprint density at radius 2 is 1.79 bits per heavy atom. The molecule has 2 aromatic carbocycles. The summed E-state index contributed by atoms with van der Waals surface area (Å²) in [5.41, 5.74) is 2.14. The number of rotatable bonds is 4. The fourth-order valence-corrected chi connectivity index (χ4v) is 3.09. The Kier molecular flexibility index (Phi) is 5.26. The molecule has 0 bridgehead atoms. The van der Waals surface area contributed by atoms with Gasteiger partial charge >= 0.3 is 0 Å². The Morgan fingerprint density at radius 3 is 2.46 bits per heavy atom. The van der Waals surface area contributed by atoms with Gasteiger partial charge in [0.05, 0.1) is 0 Å². The maximum absolute atomic E-state index is 12.3. The van der Waals surface area contributed by atoms with Crippen LogP contribution in [0.1, 0.15) is 5.56 Å². The molecular formula is C19H21ClN2O2. The van der Waals surface area contributed by atoms with E-state index in [2.05, 4.69) is 17.0 Å². The van der Waals surface area contributed by atoms with Gasteiger partial charge in [-0.25, -0.2) is 0 Å². The van der Waals surface area contributed by atoms with Gasteiger partial charge in [-0.2, -0.15) is 0 Å². The SMILES string of the molecule is Cc1cc(Cl)ccc1OCC(=O)N1CCN(c2ccccc2)CC1. The number of benzene rings is 2. The third-order valence-corrected chi connectivity index (χ3v) is 4.48. The molecule has 126 valence electrons. The van der Waals surface area contributed by atoms with Crippen LogP contribution in [0.3, 0.4) is 0 Å². The second kappa shape index (κ2) is 7.58. The number of carbonyl (C=O) groups is 1. The number of carbonyl (C=O) groups excluding carboxylic acids is 1. The number of hydrogen-bond acceptors (Lipinski definition) is 3. The number of nitrogens with zero attached hydrogens (tertiary/aromatic N) is 2. The Labute approximate surface area is 147 Å². The van der Waals surface area contributed by atoms with Crippen molar-refractivity contribution in [2.45, 2.75) is 6.92 Å². The second-order valence-corrected chi connectivity index (χ2v) is 6.34. The van der Waals surface area contributed by atoms with Gasteiger partial charge in [-0.15, -0.1) is 0 Å². The lowest BCUT2D eigenvalue weighted by molar-refractivity contribution is -0.133. The Morgan fingerprint density at radius 1 is 1.08 bits per heavy atom. The van der Waals surface area contributed by atoms with E-state index in [9.17, 15) is 4.79 Å². The van der Waals surface area contributed by atoms with E-state index in [-0.39, 0.29) is 12.5 Å². The summed E-state index contributed by atoms with van der Waals surface area (Å²) in [5, 5.41) is 0.670. The van der Waals surface area contributed by atoms with Gasteiger partial charge in [-0.1, -0.05) is 29.8 Å². The highest BCUT2D eigenvalue weighted by Crippen LogP contribution is 2.22. The van der Waals surface area contributed by atoms with Crippen LogP contribution in [0.2, 0.25) is 5.02 Å². The number of anilines is 1. The molecule has 4 nitrogen and oxygen atoms in total. The first kappa shape index (κ1) is 16.7. The topological polar surface area (TPSA) is 32.8 Å². The third-order valence-electron chi connectivity index (χ3n) is 4.24. The van der Waals surface area contributed by atoms with Gasteiger partial charge in [0, 0.05) is 36.9 Å². The van der Waals surface area contributed by atoms with Crippen molar-refractivity contribution in [3.63, 3.8) is 0 Å². The zero-order chi connectivity index (χ0) is 16.9. The first-order chi connectivity index (χ1) is 11.6. The molecular weight excluding hydrogens is 324 g/mol. The van der Waals surface area contributed by atoms with Crippen LogP contribution in [-0.2, 0) is 4.79 Å². The Balaban J connectivity index is 1.50. The molecule has 1 fully saturated rings. The smallest absolute Gasteiger partial charge is 0.260 e. The van der Waals surface area contributed by atoms with Gasteiger partial charge in [-0.3, -0.25) is 4.79 Å². The van der Waals surface area contributed by atoms with Crippen molar-refractivity contribution in [1.29, 1.82) is 0 Å². The lowest BCUT2D eigenvalue weighted by atomic mass is 10.2. The van der Waals surface area contributed by atoms with E-state index in [1.807, 2.05) is 36.1 Å². The zero-order valence-corrected chi connectivity index (χ0v) is 14.5. The summed E-state index contributed by atoms with van der Waals surface area (Å²) in [6, 6.07) is 15.7. The number of halogens is 1. The van der Waals surface area contributed by atoms with Gasteiger partial charge in [0.15, 0.2) is 6.61 Å². The molecule has 0 aromatic heterocycles. The molecule has 1 aliphatic rings. The molecule has 1 amide bonds. The van der Waals surface area contributed by atoms with E-state index in [1.165, 1.54) is 5.69 Å². The summed E-state index contributed by atoms with van der Waals surface area (Å²) in [4.78, 5) is 16.5. The minimum atomic E-state index is 0.0251. The molecule has 24 heavy (non-hydrogen) atoms. The van der Waals surface area contributed by atoms with Crippen LogP contribution < -0.4 is 9.64 Å². The summed E-state index contributed by atoms with van der Waals surface area (Å²) in [7, 11) is 0. The molecule has 1 heterocycles. The molecule has 1 saturated heterocycles. The largest absolute Gasteiger partial charge is 0.483 e. The molecule has 0 spiro atoms. The fourth-order valence-electron chi connectivity index (χ4n) is 2.86. The predicted molar refractivity (Wildman–Crippen MR) is 96.9 cm³/mol. The minimum Gasteiger partial charge on any atom is -0.483 e. The highest BCUT2D eigenvalue weighted by atomic mass is 35.5. The van der Waals surface area contributed by atoms with E-state index in [4.69, 9.17) is 16.3 Å². The second-order valence-electron chi connectivity index (χ2n) is 5.90. The highest BCUT2D eigenvalue weighted by molar-refractivity contribution is 6.30. The zero-order valence-electron chi connectivity index (χ0n) is 13.7. The normalized spacial score (nSPS) is 14.6. The number of amides is 1. The van der Waals surface area contributed by atoms with Gasteiger partial charge in [0.2, 0.25) is 0 Å². The average molecular weight is 345 g/mol. The van der Waals surface area contributed by atoms with E-state index < -0.39 is 0 Å². The van der Waals surface area contributed by atoms with E-state index >= 15 is 0 Å². The lowest BCUT2D eigenvalue weighted by Crippen LogP contribution is -2.50. The maximum atomic E-state index is 12.3. The molecule has 5 heteroatoms. The standard InChI is InChI=1S/C19H21ClN2O2/c1-15-13-16(20)7-8-18(15)24-14-19(23)22-11-9-21(10-12-22)17-5-3-2-4-6-17/h2-8,13H,9-12,14H2,1H3. The van der Waals surface area contributed by atoms with Crippen molar-refractivity contribution in [3.8, 4) is 5.75 Å². The third kappa shape index (κ3) is 4.01. The van der Waals surface area contributed by atoms with Crippen LogP contribution in [0.15, 0.2) is 48.5 Å². The van der Waals surface area contributed by atoms with Crippen LogP contribution in [0.4, 0.5) is 5.69 Å². The number of ether oxygens (including phenoxy) is 1. The summed E-state index contributed by atoms with van der Waals surface area (Å²) < 4.78 is 5.65. The van der Waals surface area contributed by atoms with Crippen LogP contribution in [0.25, 0.3) is 0 Å². The molecule has 3 rings (SSSR count). The van der Waals surface area contributed by atoms with Crippen molar-refractivity contribution in [3.05, 3.63) is 59.1 Å². The van der Waals surface area contributed by atoms with Crippen LogP contribution in [0, 0.1) is 6.92 Å². The van der Waals surface area contributed by atoms with E-state index in [0.29, 0.717) is 10.8 Å². The van der Waals surface area contributed by atoms with Crippen LogP contribution >= 0.6 is 11.6 Å². The minimum absolute atomic E-state index is 0.0251. The number of piperazine rings is 1. The van der Waals surface area contributed by atoms with Gasteiger partial charge in [0.1, 0.15) is 5.75 Å². The van der Waals surface area contributed by atoms with Crippen molar-refractivity contribution < 1.29 is 9.53 Å². The van der Waals surface area contributed by atoms with Crippen LogP contribution in [-0.4, -0.2) is 43.6 Å². The first-order valence-corrected chi connectivity index (χ1v) is 8.48. The number of hydrogen-bond donors (Lipinski definition) is 0. The molecule has 0 aliphatic carbocycles. The van der Waals surface area contributed by atoms with Crippen molar-refractivity contribution in [1.82, 2.24) is 4.90 Å². The van der Waals surface area contributed by atoms with Crippen molar-refractivity contribution >= 4 is 23.2 Å². The maximum Gasteiger partial charge on any atom is 0.260 e. The van der Waals surface area contributed by atoms with E-state index in [0.717, 1.165) is 31.7 Å². The summed E-state index contributed by atoms with van der Waals surface area (Å²) in [5.74, 6) is 0.729. The van der Waals surface area contributed by atoms with Crippen molar-refractivity contribution in [2.24, 2.45) is 0 Å². The van der Waals surface area contributed by atoms with Gasteiger partial charge < -0.3 is 14.5 Å². The lowest BCUT2D eigenvalue weighted by Gasteiger charge is -2.36. The Bertz CT molecular complexity index is 698. The molecule has 1 aliphatic heterocycles. The summed E-state index contributed by atoms with van der Waals surface area (Å²) >= 11 is 5.93. The fraction of sp³-hybridized carbons (Fsp3) is 0.316. The van der Waals surface area contributed by atoms with E-state index in [1.54, 1.807) is 12.1 Å². The predicted octanol–water partition coefficient (Wildman–Crippen LogP) is 3.38. The highest BCUT2D eigenvalue weighted by Gasteiger charge is 2.21. The molecule has 0 unspecified atom stereocenters. The van der Waals surface area contributed by atoms with Crippen molar-refractivity contribution in [2.75, 3.05) is 37.7 Å². The van der Waals surface area contributed by atoms with Gasteiger partial charge in [-0.05, 0) is 42.8 Å². The molecule has 2 aromatic rings. The molecule has 0 atom stereocenters. The number of para-hydroxylation sites is 1. The Hall–Kier alpha value is -2.20. The summed E-state index contributed by atoms with van der Waals surface area (Å²) in [6.45, 7) is 5.11. The first-order valence-electron chi connectivity index (χ1n) is 8.10. The summed E-state index contributed by atoms with van der Waals surface area (Å²) in [6.07, 6.45) is 0. The van der Waals surface area contributed by atoms with Gasteiger partial charge in [0.25, 0.3) is 5.91 Å². The van der Waals surface area contributed by atoms with Crippen LogP contribution in [0.5, 0.6) is 5.75 Å². The number of aryl methyl sites for hydroxylation is 1. The molecule has 0 N–H and O–H groups in total. The molecule has 0 saturated carbocycles. The quantitative estimate of drug-likeness (QED) is 0.852.